The molecule has 10 rings (SSSR count). The lowest BCUT2D eigenvalue weighted by molar-refractivity contribution is 0.601. The number of benzene rings is 7. The second-order valence-electron chi connectivity index (χ2n) is 15.1. The van der Waals surface area contributed by atoms with E-state index in [1.54, 1.807) is 0 Å². The van der Waals surface area contributed by atoms with Gasteiger partial charge in [-0.1, -0.05) is 183 Å². The van der Waals surface area contributed by atoms with Gasteiger partial charge in [-0.3, -0.25) is 0 Å². The number of hydrogen-bond donors (Lipinski definition) is 0. The minimum atomic E-state index is -0.0515. The van der Waals surface area contributed by atoms with Gasteiger partial charge in [0, 0.05) is 33.7 Å². The first-order valence-corrected chi connectivity index (χ1v) is 19.5. The van der Waals surface area contributed by atoms with Crippen LogP contribution in [0.1, 0.15) is 35.9 Å². The van der Waals surface area contributed by atoms with Crippen molar-refractivity contribution in [2.24, 2.45) is 0 Å². The SMILES string of the molecule is CC1(c2ccc(-c3ccc4oc5cccc(-c6ccc(-c7nc(Cc8ccccc8)nc(-c8ccccc8)n7)cc6)c5c4c3)cc2)C=CC(c2ccccc2)=CC1. The van der Waals surface area contributed by atoms with Crippen LogP contribution in [0.4, 0.5) is 0 Å². The molecule has 1 unspecified atom stereocenters. The molecule has 2 aromatic heterocycles. The number of aromatic nitrogens is 3. The van der Waals surface area contributed by atoms with E-state index in [0.717, 1.165) is 67.6 Å². The molecule has 0 radical (unpaired) electrons. The lowest BCUT2D eigenvalue weighted by Crippen LogP contribution is -2.20. The van der Waals surface area contributed by atoms with E-state index in [-0.39, 0.29) is 5.41 Å². The Kier molecular flexibility index (Phi) is 8.72. The monoisotopic (exact) mass is 733 g/mol. The van der Waals surface area contributed by atoms with Gasteiger partial charge < -0.3 is 4.42 Å². The van der Waals surface area contributed by atoms with E-state index in [2.05, 4.69) is 153 Å². The van der Waals surface area contributed by atoms with Gasteiger partial charge in [-0.25, -0.2) is 15.0 Å². The largest absolute Gasteiger partial charge is 0.456 e. The Morgan fingerprint density at radius 1 is 0.526 bits per heavy atom. The number of hydrogen-bond acceptors (Lipinski definition) is 4. The predicted molar refractivity (Wildman–Crippen MR) is 234 cm³/mol. The van der Waals surface area contributed by atoms with E-state index >= 15 is 0 Å². The standard InChI is InChI=1S/C53H39N3O/c1-53(32-30-39(31-33-53)37-14-7-3-8-15-37)44-27-24-38(25-28-44)43-26-29-47-46(35-43)50-45(18-11-19-48(50)57-47)40-20-22-42(23-21-40)52-55-49(34-36-12-5-2-6-13-36)54-51(56-52)41-16-9-4-10-17-41/h2-32,35H,33-34H2,1H3. The molecule has 0 bridgehead atoms. The van der Waals surface area contributed by atoms with Crippen LogP contribution in [0.2, 0.25) is 0 Å². The van der Waals surface area contributed by atoms with E-state index in [1.807, 2.05) is 48.5 Å². The average molecular weight is 734 g/mol. The quantitative estimate of drug-likeness (QED) is 0.156. The normalized spacial score (nSPS) is 15.2. The van der Waals surface area contributed by atoms with E-state index in [1.165, 1.54) is 22.3 Å². The van der Waals surface area contributed by atoms with E-state index in [4.69, 9.17) is 19.4 Å². The first-order valence-electron chi connectivity index (χ1n) is 19.5. The molecule has 4 heteroatoms. The highest BCUT2D eigenvalue weighted by molar-refractivity contribution is 6.13. The molecule has 2 heterocycles. The van der Waals surface area contributed by atoms with Crippen molar-refractivity contribution in [3.63, 3.8) is 0 Å². The summed E-state index contributed by atoms with van der Waals surface area (Å²) in [6.07, 6.45) is 8.58. The molecule has 9 aromatic rings. The molecule has 1 aliphatic carbocycles. The Labute approximate surface area is 332 Å². The van der Waals surface area contributed by atoms with E-state index in [0.29, 0.717) is 18.1 Å². The first kappa shape index (κ1) is 34.3. The van der Waals surface area contributed by atoms with Crippen LogP contribution in [0, 0.1) is 0 Å². The molecule has 57 heavy (non-hydrogen) atoms. The van der Waals surface area contributed by atoms with Crippen molar-refractivity contribution in [1.82, 2.24) is 15.0 Å². The molecule has 0 aliphatic heterocycles. The summed E-state index contributed by atoms with van der Waals surface area (Å²) >= 11 is 0. The van der Waals surface area contributed by atoms with Gasteiger partial charge in [0.1, 0.15) is 17.0 Å². The Morgan fingerprint density at radius 3 is 1.82 bits per heavy atom. The number of furan rings is 1. The summed E-state index contributed by atoms with van der Waals surface area (Å²) in [6.45, 7) is 2.32. The summed E-state index contributed by atoms with van der Waals surface area (Å²) in [5.74, 6) is 2.07. The molecule has 4 nitrogen and oxygen atoms in total. The van der Waals surface area contributed by atoms with Crippen LogP contribution in [0.5, 0.6) is 0 Å². The van der Waals surface area contributed by atoms with Crippen LogP contribution in [-0.2, 0) is 11.8 Å². The van der Waals surface area contributed by atoms with Crippen molar-refractivity contribution < 1.29 is 4.42 Å². The molecule has 0 saturated heterocycles. The second kappa shape index (κ2) is 14.5. The fourth-order valence-electron chi connectivity index (χ4n) is 8.00. The first-order chi connectivity index (χ1) is 28.1. The Morgan fingerprint density at radius 2 is 1.14 bits per heavy atom. The molecule has 0 fully saturated rings. The zero-order valence-corrected chi connectivity index (χ0v) is 31.6. The number of nitrogens with zero attached hydrogens (tertiary/aromatic N) is 3. The van der Waals surface area contributed by atoms with Gasteiger partial charge in [0.25, 0.3) is 0 Å². The van der Waals surface area contributed by atoms with Crippen LogP contribution in [0.15, 0.2) is 199 Å². The van der Waals surface area contributed by atoms with Crippen LogP contribution < -0.4 is 0 Å². The maximum atomic E-state index is 6.43. The summed E-state index contributed by atoms with van der Waals surface area (Å²) in [6, 6.07) is 61.5. The van der Waals surface area contributed by atoms with Gasteiger partial charge in [0.2, 0.25) is 0 Å². The molecule has 272 valence electrons. The summed E-state index contributed by atoms with van der Waals surface area (Å²) in [5.41, 5.74) is 13.2. The molecule has 0 N–H and O–H groups in total. The third kappa shape index (κ3) is 6.76. The maximum Gasteiger partial charge on any atom is 0.163 e. The third-order valence-corrected chi connectivity index (χ3v) is 11.2. The van der Waals surface area contributed by atoms with Gasteiger partial charge >= 0.3 is 0 Å². The van der Waals surface area contributed by atoms with Crippen LogP contribution in [-0.4, -0.2) is 15.0 Å². The number of rotatable bonds is 8. The van der Waals surface area contributed by atoms with Gasteiger partial charge in [-0.05, 0) is 69.1 Å². The lowest BCUT2D eigenvalue weighted by Gasteiger charge is -2.29. The number of fused-ring (bicyclic) bond motifs is 3. The summed E-state index contributed by atoms with van der Waals surface area (Å²) in [7, 11) is 0. The van der Waals surface area contributed by atoms with Crippen molar-refractivity contribution in [3.05, 3.63) is 217 Å². The van der Waals surface area contributed by atoms with Gasteiger partial charge in [-0.15, -0.1) is 0 Å². The Hall–Kier alpha value is -7.17. The fourth-order valence-corrected chi connectivity index (χ4v) is 8.00. The summed E-state index contributed by atoms with van der Waals surface area (Å²) in [5, 5.41) is 2.21. The molecular formula is C53H39N3O. The minimum absolute atomic E-state index is 0.0515. The second-order valence-corrected chi connectivity index (χ2v) is 15.1. The van der Waals surface area contributed by atoms with Gasteiger partial charge in [0.15, 0.2) is 11.6 Å². The third-order valence-electron chi connectivity index (χ3n) is 11.2. The molecule has 0 amide bonds. The highest BCUT2D eigenvalue weighted by atomic mass is 16.3. The predicted octanol–water partition coefficient (Wildman–Crippen LogP) is 13.3. The van der Waals surface area contributed by atoms with Crippen molar-refractivity contribution in [3.8, 4) is 45.0 Å². The zero-order chi connectivity index (χ0) is 38.2. The zero-order valence-electron chi connectivity index (χ0n) is 31.6. The van der Waals surface area contributed by atoms with E-state index in [9.17, 15) is 0 Å². The van der Waals surface area contributed by atoms with Crippen LogP contribution in [0.25, 0.3) is 72.5 Å². The van der Waals surface area contributed by atoms with Gasteiger partial charge in [0.05, 0.1) is 0 Å². The minimum Gasteiger partial charge on any atom is -0.456 e. The van der Waals surface area contributed by atoms with Crippen molar-refractivity contribution in [1.29, 1.82) is 0 Å². The van der Waals surface area contributed by atoms with Gasteiger partial charge in [-0.2, -0.15) is 0 Å². The molecule has 1 atom stereocenters. The van der Waals surface area contributed by atoms with E-state index < -0.39 is 0 Å². The topological polar surface area (TPSA) is 51.8 Å². The molecule has 0 spiro atoms. The lowest BCUT2D eigenvalue weighted by atomic mass is 9.75. The molecular weight excluding hydrogens is 695 g/mol. The highest BCUT2D eigenvalue weighted by Gasteiger charge is 2.25. The Bertz CT molecular complexity index is 2930. The smallest absolute Gasteiger partial charge is 0.163 e. The molecule has 0 saturated carbocycles. The van der Waals surface area contributed by atoms with Crippen LogP contribution in [0.3, 0.4) is 0 Å². The Balaban J connectivity index is 0.956. The van der Waals surface area contributed by atoms with Crippen LogP contribution >= 0.6 is 0 Å². The average Bonchev–Trinajstić information content (AvgIpc) is 3.66. The number of allylic oxidation sites excluding steroid dienone is 4. The van der Waals surface area contributed by atoms with Crippen molar-refractivity contribution in [2.45, 2.75) is 25.2 Å². The highest BCUT2D eigenvalue weighted by Crippen LogP contribution is 2.40. The fraction of sp³-hybridized carbons (Fsp3) is 0.0755. The maximum absolute atomic E-state index is 6.43. The summed E-state index contributed by atoms with van der Waals surface area (Å²) < 4.78 is 6.43. The molecule has 7 aromatic carbocycles. The molecule has 1 aliphatic rings. The summed E-state index contributed by atoms with van der Waals surface area (Å²) in [4.78, 5) is 14.8. The van der Waals surface area contributed by atoms with Crippen molar-refractivity contribution in [2.75, 3.05) is 0 Å². The van der Waals surface area contributed by atoms with Crippen molar-refractivity contribution >= 4 is 27.5 Å².